The second-order valence-electron chi connectivity index (χ2n) is 7.49. The van der Waals surface area contributed by atoms with Gasteiger partial charge in [-0.2, -0.15) is 5.10 Å². The van der Waals surface area contributed by atoms with Gasteiger partial charge in [0.1, 0.15) is 18.0 Å². The van der Waals surface area contributed by atoms with Gasteiger partial charge < -0.3 is 18.9 Å². The van der Waals surface area contributed by atoms with E-state index < -0.39 is 22.5 Å². The average Bonchev–Trinajstić information content (AvgIpc) is 2.92. The monoisotopic (exact) mass is 527 g/mol. The fraction of sp³-hybridized carbons (Fsp3) is 0.231. The summed E-state index contributed by atoms with van der Waals surface area (Å²) in [6, 6.07) is 17.7. The second kappa shape index (κ2) is 12.6. The first kappa shape index (κ1) is 27.3. The van der Waals surface area contributed by atoms with E-state index in [1.165, 1.54) is 45.7 Å². The topological polar surface area (TPSA) is 116 Å². The maximum absolute atomic E-state index is 13.7. The van der Waals surface area contributed by atoms with Crippen LogP contribution in [-0.2, 0) is 14.8 Å². The lowest BCUT2D eigenvalue weighted by molar-refractivity contribution is -0.119. The van der Waals surface area contributed by atoms with Crippen molar-refractivity contribution in [3.05, 3.63) is 72.3 Å². The minimum atomic E-state index is -4.20. The van der Waals surface area contributed by atoms with Crippen molar-refractivity contribution in [1.82, 2.24) is 5.43 Å². The molecule has 10 nitrogen and oxygen atoms in total. The van der Waals surface area contributed by atoms with Crippen LogP contribution < -0.4 is 28.7 Å². The molecule has 0 aliphatic heterocycles. The molecule has 0 spiro atoms. The first-order chi connectivity index (χ1) is 17.8. The number of hydrazone groups is 1. The van der Waals surface area contributed by atoms with Gasteiger partial charge in [0, 0.05) is 11.6 Å². The number of hydrogen-bond donors (Lipinski definition) is 1. The van der Waals surface area contributed by atoms with E-state index in [9.17, 15) is 13.2 Å². The first-order valence-electron chi connectivity index (χ1n) is 11.3. The zero-order valence-corrected chi connectivity index (χ0v) is 21.8. The summed E-state index contributed by atoms with van der Waals surface area (Å²) in [5, 5.41) is 3.96. The normalized spacial score (nSPS) is 11.1. The van der Waals surface area contributed by atoms with Crippen molar-refractivity contribution in [3.8, 4) is 23.0 Å². The van der Waals surface area contributed by atoms with Crippen molar-refractivity contribution in [1.29, 1.82) is 0 Å². The van der Waals surface area contributed by atoms with E-state index in [4.69, 9.17) is 18.9 Å². The summed E-state index contributed by atoms with van der Waals surface area (Å²) in [6.07, 6.45) is 1.42. The van der Waals surface area contributed by atoms with Crippen molar-refractivity contribution in [2.24, 2.45) is 5.10 Å². The predicted octanol–water partition coefficient (Wildman–Crippen LogP) is 3.46. The van der Waals surface area contributed by atoms with E-state index in [-0.39, 0.29) is 16.3 Å². The lowest BCUT2D eigenvalue weighted by Crippen LogP contribution is -2.39. The van der Waals surface area contributed by atoms with Crippen LogP contribution in [0.4, 0.5) is 5.69 Å². The lowest BCUT2D eigenvalue weighted by Gasteiger charge is -2.24. The second-order valence-corrected chi connectivity index (χ2v) is 9.35. The van der Waals surface area contributed by atoms with Crippen LogP contribution in [0.2, 0.25) is 0 Å². The molecule has 0 heterocycles. The Morgan fingerprint density at radius 2 is 1.59 bits per heavy atom. The van der Waals surface area contributed by atoms with Crippen LogP contribution in [0.15, 0.2) is 76.7 Å². The van der Waals surface area contributed by atoms with Gasteiger partial charge in [0.15, 0.2) is 11.5 Å². The Balaban J connectivity index is 1.91. The zero-order chi connectivity index (χ0) is 26.8. The Labute approximate surface area is 216 Å². The van der Waals surface area contributed by atoms with Crippen LogP contribution in [0, 0.1) is 0 Å². The molecule has 3 aromatic carbocycles. The summed E-state index contributed by atoms with van der Waals surface area (Å²) in [5.41, 5.74) is 3.29. The molecule has 196 valence electrons. The third-order valence-corrected chi connectivity index (χ3v) is 6.97. The summed E-state index contributed by atoms with van der Waals surface area (Å²) in [7, 11) is 0.192. The molecule has 37 heavy (non-hydrogen) atoms. The molecule has 3 aromatic rings. The Bertz CT molecular complexity index is 1340. The Hall–Kier alpha value is -4.25. The molecular formula is C26H29N3O7S. The number of methoxy groups -OCH3 is 3. The molecule has 0 radical (unpaired) electrons. The summed E-state index contributed by atoms with van der Waals surface area (Å²) in [4.78, 5) is 12.7. The maximum Gasteiger partial charge on any atom is 0.264 e. The summed E-state index contributed by atoms with van der Waals surface area (Å²) in [6.45, 7) is 1.77. The molecule has 1 N–H and O–H groups in total. The standard InChI is InChI=1S/C26H29N3O7S/c1-5-36-21-12-10-20(11-13-21)29(37(31,32)22-14-15-24(34-3)25(16-22)35-4)18-26(30)28-27-17-19-8-6-7-9-23(19)33-2/h6-17H,5,18H2,1-4H3,(H,28,30)/b27-17-. The van der Waals surface area contributed by atoms with Crippen LogP contribution in [0.3, 0.4) is 0 Å². The number of nitrogens with zero attached hydrogens (tertiary/aromatic N) is 2. The van der Waals surface area contributed by atoms with Gasteiger partial charge in [-0.3, -0.25) is 9.10 Å². The third-order valence-electron chi connectivity index (χ3n) is 5.20. The maximum atomic E-state index is 13.7. The van der Waals surface area contributed by atoms with Crippen LogP contribution in [0.5, 0.6) is 23.0 Å². The van der Waals surface area contributed by atoms with Gasteiger partial charge in [0.25, 0.3) is 15.9 Å². The molecule has 0 saturated carbocycles. The predicted molar refractivity (Wildman–Crippen MR) is 140 cm³/mol. The van der Waals surface area contributed by atoms with Crippen molar-refractivity contribution in [2.75, 3.05) is 38.8 Å². The largest absolute Gasteiger partial charge is 0.496 e. The quantitative estimate of drug-likeness (QED) is 0.283. The van der Waals surface area contributed by atoms with E-state index in [0.29, 0.717) is 29.4 Å². The Morgan fingerprint density at radius 1 is 0.919 bits per heavy atom. The fourth-order valence-corrected chi connectivity index (χ4v) is 4.84. The van der Waals surface area contributed by atoms with Gasteiger partial charge in [-0.1, -0.05) is 12.1 Å². The van der Waals surface area contributed by atoms with Crippen LogP contribution in [0.25, 0.3) is 0 Å². The smallest absolute Gasteiger partial charge is 0.264 e. The SMILES string of the molecule is CCOc1ccc(N(CC(=O)N/N=C\c2ccccc2OC)S(=O)(=O)c2ccc(OC)c(OC)c2)cc1. The fourth-order valence-electron chi connectivity index (χ4n) is 3.41. The van der Waals surface area contributed by atoms with Crippen molar-refractivity contribution >= 4 is 27.8 Å². The van der Waals surface area contributed by atoms with E-state index in [2.05, 4.69) is 10.5 Å². The van der Waals surface area contributed by atoms with Gasteiger partial charge in [0.2, 0.25) is 0 Å². The minimum Gasteiger partial charge on any atom is -0.496 e. The molecule has 0 fully saturated rings. The average molecular weight is 528 g/mol. The summed E-state index contributed by atoms with van der Waals surface area (Å²) in [5.74, 6) is 1.11. The number of sulfonamides is 1. The zero-order valence-electron chi connectivity index (χ0n) is 21.0. The molecule has 0 atom stereocenters. The molecule has 1 amide bonds. The molecule has 0 bridgehead atoms. The Morgan fingerprint density at radius 3 is 2.24 bits per heavy atom. The van der Waals surface area contributed by atoms with E-state index in [1.54, 1.807) is 42.5 Å². The van der Waals surface area contributed by atoms with E-state index in [0.717, 1.165) is 4.31 Å². The highest BCUT2D eigenvalue weighted by atomic mass is 32.2. The molecule has 0 aromatic heterocycles. The number of nitrogens with one attached hydrogen (secondary N) is 1. The van der Waals surface area contributed by atoms with Gasteiger partial charge >= 0.3 is 0 Å². The number of carbonyl (C=O) groups is 1. The number of ether oxygens (including phenoxy) is 4. The number of para-hydroxylation sites is 1. The van der Waals surface area contributed by atoms with Crippen molar-refractivity contribution < 1.29 is 32.2 Å². The van der Waals surface area contributed by atoms with Gasteiger partial charge in [-0.15, -0.1) is 0 Å². The molecule has 0 aliphatic rings. The first-order valence-corrected chi connectivity index (χ1v) is 12.7. The molecule has 11 heteroatoms. The van der Waals surface area contributed by atoms with E-state index >= 15 is 0 Å². The number of benzene rings is 3. The van der Waals surface area contributed by atoms with Crippen LogP contribution in [-0.4, -0.2) is 55.0 Å². The number of rotatable bonds is 12. The van der Waals surface area contributed by atoms with Crippen LogP contribution in [0.1, 0.15) is 12.5 Å². The number of carbonyl (C=O) groups excluding carboxylic acids is 1. The van der Waals surface area contributed by atoms with Crippen molar-refractivity contribution in [3.63, 3.8) is 0 Å². The lowest BCUT2D eigenvalue weighted by atomic mass is 10.2. The third kappa shape index (κ3) is 6.70. The molecule has 0 saturated heterocycles. The Kier molecular flexibility index (Phi) is 9.33. The number of amides is 1. The van der Waals surface area contributed by atoms with Gasteiger partial charge in [0.05, 0.1) is 44.7 Å². The van der Waals surface area contributed by atoms with Gasteiger partial charge in [-0.25, -0.2) is 13.8 Å². The summed E-state index contributed by atoms with van der Waals surface area (Å²) >= 11 is 0. The van der Waals surface area contributed by atoms with E-state index in [1.807, 2.05) is 13.0 Å². The molecule has 0 aliphatic carbocycles. The highest BCUT2D eigenvalue weighted by molar-refractivity contribution is 7.92. The van der Waals surface area contributed by atoms with Crippen LogP contribution >= 0.6 is 0 Å². The number of hydrogen-bond acceptors (Lipinski definition) is 8. The minimum absolute atomic E-state index is 0.0793. The highest BCUT2D eigenvalue weighted by Crippen LogP contribution is 2.32. The molecule has 3 rings (SSSR count). The molecule has 0 unspecified atom stereocenters. The van der Waals surface area contributed by atoms with Gasteiger partial charge in [-0.05, 0) is 55.5 Å². The molecular weight excluding hydrogens is 498 g/mol. The number of anilines is 1. The highest BCUT2D eigenvalue weighted by Gasteiger charge is 2.28. The van der Waals surface area contributed by atoms with Crippen molar-refractivity contribution in [2.45, 2.75) is 11.8 Å². The summed E-state index contributed by atoms with van der Waals surface area (Å²) < 4.78 is 49.5.